The Bertz CT molecular complexity index is 392. The molecule has 1 aromatic rings. The molecule has 60 valence electrons. The molecule has 0 bridgehead atoms. The number of hydrogen-bond donors (Lipinski definition) is 2. The van der Waals surface area contributed by atoms with E-state index in [1.165, 1.54) is 0 Å². The number of nitrogens with one attached hydrogen (secondary N) is 1. The largest absolute Gasteiger partial charge is 0.342 e. The standard InChI is InChI=1S/C4H4N2O4S/c7-3-1-2-6(11(9)10)4(8)5-3/h1-2H,(H,9,10)(H,5,7,8). The topological polar surface area (TPSA) is 92.2 Å². The summed E-state index contributed by atoms with van der Waals surface area (Å²) in [6.45, 7) is 0. The second kappa shape index (κ2) is 2.81. The zero-order chi connectivity index (χ0) is 8.43. The molecule has 2 N–H and O–H groups in total. The van der Waals surface area contributed by atoms with Gasteiger partial charge >= 0.3 is 5.69 Å². The van der Waals surface area contributed by atoms with E-state index in [2.05, 4.69) is 0 Å². The Kier molecular flexibility index (Phi) is 2.01. The number of aromatic nitrogens is 2. The van der Waals surface area contributed by atoms with Gasteiger partial charge in [-0.05, 0) is 0 Å². The molecule has 0 spiro atoms. The van der Waals surface area contributed by atoms with Crippen molar-refractivity contribution in [2.45, 2.75) is 0 Å². The van der Waals surface area contributed by atoms with Gasteiger partial charge in [-0.15, -0.1) is 0 Å². The Morgan fingerprint density at radius 1 is 1.55 bits per heavy atom. The van der Waals surface area contributed by atoms with Crippen molar-refractivity contribution in [3.63, 3.8) is 0 Å². The fraction of sp³-hybridized carbons (Fsp3) is 0. The first kappa shape index (κ1) is 7.89. The van der Waals surface area contributed by atoms with Gasteiger partial charge in [-0.25, -0.2) is 9.00 Å². The number of nitrogens with zero attached hydrogens (tertiary/aromatic N) is 1. The first-order valence-electron chi connectivity index (χ1n) is 2.54. The maximum Gasteiger partial charge on any atom is 0.342 e. The van der Waals surface area contributed by atoms with Crippen molar-refractivity contribution >= 4 is 11.3 Å². The molecule has 11 heavy (non-hydrogen) atoms. The summed E-state index contributed by atoms with van der Waals surface area (Å²) in [6, 6.07) is 0.982. The van der Waals surface area contributed by atoms with E-state index >= 15 is 0 Å². The van der Waals surface area contributed by atoms with Crippen molar-refractivity contribution in [3.8, 4) is 0 Å². The van der Waals surface area contributed by atoms with Crippen molar-refractivity contribution in [3.05, 3.63) is 33.1 Å². The molecular formula is C4H4N2O4S. The maximum atomic E-state index is 10.6. The summed E-state index contributed by atoms with van der Waals surface area (Å²) in [5.41, 5.74) is -1.50. The molecule has 0 aliphatic heterocycles. The lowest BCUT2D eigenvalue weighted by Crippen LogP contribution is -2.30. The first-order valence-corrected chi connectivity index (χ1v) is 3.61. The average molecular weight is 176 g/mol. The highest BCUT2D eigenvalue weighted by atomic mass is 32.2. The zero-order valence-corrected chi connectivity index (χ0v) is 6.00. The number of aromatic amines is 1. The van der Waals surface area contributed by atoms with E-state index in [1.807, 2.05) is 4.98 Å². The minimum absolute atomic E-state index is 0.487. The summed E-state index contributed by atoms with van der Waals surface area (Å²) < 4.78 is 19.2. The van der Waals surface area contributed by atoms with Crippen LogP contribution in [0.2, 0.25) is 0 Å². The summed E-state index contributed by atoms with van der Waals surface area (Å²) in [6.07, 6.45) is 0.942. The molecule has 0 radical (unpaired) electrons. The lowest BCUT2D eigenvalue weighted by molar-refractivity contribution is 0.551. The van der Waals surface area contributed by atoms with E-state index in [0.29, 0.717) is 3.97 Å². The Labute approximate surface area is 62.9 Å². The predicted molar refractivity (Wildman–Crippen MR) is 37.5 cm³/mol. The molecule has 0 aromatic carbocycles. The minimum Gasteiger partial charge on any atom is -0.289 e. The number of rotatable bonds is 1. The lowest BCUT2D eigenvalue weighted by Gasteiger charge is -1.93. The van der Waals surface area contributed by atoms with E-state index in [-0.39, 0.29) is 0 Å². The molecule has 6 nitrogen and oxygen atoms in total. The predicted octanol–water partition coefficient (Wildman–Crippen LogP) is -1.48. The van der Waals surface area contributed by atoms with Gasteiger partial charge in [0.25, 0.3) is 16.8 Å². The SMILES string of the molecule is O=c1ccn(S(=O)O)c(=O)[nH]1. The molecule has 1 rings (SSSR count). The van der Waals surface area contributed by atoms with Gasteiger partial charge in [-0.1, -0.05) is 0 Å². The molecule has 0 aliphatic rings. The van der Waals surface area contributed by atoms with Crippen molar-refractivity contribution in [1.29, 1.82) is 0 Å². The maximum absolute atomic E-state index is 10.6. The number of H-pyrrole nitrogens is 1. The van der Waals surface area contributed by atoms with Crippen LogP contribution in [0.3, 0.4) is 0 Å². The molecule has 1 heterocycles. The second-order valence-corrected chi connectivity index (χ2v) is 2.52. The summed E-state index contributed by atoms with van der Waals surface area (Å²) in [4.78, 5) is 22.9. The van der Waals surface area contributed by atoms with Crippen LogP contribution in [-0.4, -0.2) is 17.7 Å². The van der Waals surface area contributed by atoms with Gasteiger partial charge in [-0.2, -0.15) is 3.97 Å². The first-order chi connectivity index (χ1) is 5.11. The molecule has 0 aliphatic carbocycles. The van der Waals surface area contributed by atoms with E-state index in [0.717, 1.165) is 12.3 Å². The molecule has 1 unspecified atom stereocenters. The normalized spacial score (nSPS) is 12.8. The van der Waals surface area contributed by atoms with Gasteiger partial charge in [0.1, 0.15) is 0 Å². The summed E-state index contributed by atoms with van der Waals surface area (Å²) in [7, 11) is 0. The molecule has 0 saturated heterocycles. The van der Waals surface area contributed by atoms with E-state index in [9.17, 15) is 13.8 Å². The lowest BCUT2D eigenvalue weighted by atomic mass is 10.7. The van der Waals surface area contributed by atoms with Crippen molar-refractivity contribution in [2.75, 3.05) is 0 Å². The fourth-order valence-corrected chi connectivity index (χ4v) is 0.881. The van der Waals surface area contributed by atoms with Crippen LogP contribution in [0.25, 0.3) is 0 Å². The Morgan fingerprint density at radius 2 is 2.18 bits per heavy atom. The third-order valence-electron chi connectivity index (χ3n) is 0.960. The molecule has 0 saturated carbocycles. The van der Waals surface area contributed by atoms with E-state index in [1.54, 1.807) is 0 Å². The Morgan fingerprint density at radius 3 is 2.64 bits per heavy atom. The van der Waals surface area contributed by atoms with Crippen molar-refractivity contribution in [1.82, 2.24) is 8.96 Å². The van der Waals surface area contributed by atoms with Crippen LogP contribution in [0.5, 0.6) is 0 Å². The minimum atomic E-state index is -2.41. The van der Waals surface area contributed by atoms with Gasteiger partial charge in [0.2, 0.25) is 0 Å². The Hall–Kier alpha value is -1.21. The van der Waals surface area contributed by atoms with Crippen LogP contribution in [0.4, 0.5) is 0 Å². The average Bonchev–Trinajstić information content (AvgIpc) is 1.85. The highest BCUT2D eigenvalue weighted by molar-refractivity contribution is 7.77. The van der Waals surface area contributed by atoms with E-state index in [4.69, 9.17) is 4.55 Å². The van der Waals surface area contributed by atoms with Crippen LogP contribution >= 0.6 is 0 Å². The quantitative estimate of drug-likeness (QED) is 0.510. The van der Waals surface area contributed by atoms with Gasteiger partial charge in [0.15, 0.2) is 0 Å². The molecular weight excluding hydrogens is 172 g/mol. The van der Waals surface area contributed by atoms with Crippen LogP contribution in [0, 0.1) is 0 Å². The molecule has 7 heteroatoms. The van der Waals surface area contributed by atoms with Crippen LogP contribution in [0.15, 0.2) is 21.9 Å². The highest BCUT2D eigenvalue weighted by Gasteiger charge is 1.99. The summed E-state index contributed by atoms with van der Waals surface area (Å²) in [5.74, 6) is 0. The van der Waals surface area contributed by atoms with Gasteiger partial charge in [0.05, 0.1) is 0 Å². The third kappa shape index (κ3) is 1.63. The highest BCUT2D eigenvalue weighted by Crippen LogP contribution is 1.74. The number of hydrogen-bond acceptors (Lipinski definition) is 3. The van der Waals surface area contributed by atoms with Crippen molar-refractivity contribution < 1.29 is 8.76 Å². The van der Waals surface area contributed by atoms with Gasteiger partial charge in [-0.3, -0.25) is 14.3 Å². The smallest absolute Gasteiger partial charge is 0.289 e. The molecule has 1 aromatic heterocycles. The second-order valence-electron chi connectivity index (χ2n) is 1.67. The zero-order valence-electron chi connectivity index (χ0n) is 5.18. The van der Waals surface area contributed by atoms with Gasteiger partial charge in [0, 0.05) is 12.3 Å². The Balaban J connectivity index is 3.43. The van der Waals surface area contributed by atoms with E-state index < -0.39 is 22.5 Å². The third-order valence-corrected chi connectivity index (χ3v) is 1.58. The van der Waals surface area contributed by atoms with Crippen molar-refractivity contribution in [2.24, 2.45) is 0 Å². The summed E-state index contributed by atoms with van der Waals surface area (Å²) in [5, 5.41) is 0. The molecule has 0 amide bonds. The fourth-order valence-electron chi connectivity index (χ4n) is 0.528. The van der Waals surface area contributed by atoms with Crippen LogP contribution < -0.4 is 11.2 Å². The van der Waals surface area contributed by atoms with Crippen LogP contribution in [-0.2, 0) is 11.3 Å². The molecule has 1 atom stereocenters. The summed E-state index contributed by atoms with van der Waals surface area (Å²) >= 11 is -2.41. The van der Waals surface area contributed by atoms with Crippen LogP contribution in [0.1, 0.15) is 0 Å². The van der Waals surface area contributed by atoms with Gasteiger partial charge < -0.3 is 0 Å². The monoisotopic (exact) mass is 176 g/mol. The molecule has 0 fully saturated rings.